The summed E-state index contributed by atoms with van der Waals surface area (Å²) in [5.41, 5.74) is 0.803. The maximum atomic E-state index is 12.3. The molecule has 0 radical (unpaired) electrons. The molecule has 1 atom stereocenters. The predicted octanol–water partition coefficient (Wildman–Crippen LogP) is 1.80. The summed E-state index contributed by atoms with van der Waals surface area (Å²) in [5.74, 6) is 0. The van der Waals surface area contributed by atoms with E-state index >= 15 is 0 Å². The molecule has 0 amide bonds. The second-order valence-electron chi connectivity index (χ2n) is 4.70. The number of benzene rings is 1. The number of hydrogen-bond donors (Lipinski definition) is 0. The van der Waals surface area contributed by atoms with Crippen molar-refractivity contribution in [3.8, 4) is 0 Å². The highest BCUT2D eigenvalue weighted by Crippen LogP contribution is 2.22. The Morgan fingerprint density at radius 1 is 1.39 bits per heavy atom. The van der Waals surface area contributed by atoms with Crippen LogP contribution in [0.15, 0.2) is 29.1 Å². The van der Waals surface area contributed by atoms with Crippen molar-refractivity contribution in [1.82, 2.24) is 9.55 Å². The Kier molecular flexibility index (Phi) is 3.03. The molecule has 1 aromatic carbocycles. The van der Waals surface area contributed by atoms with Crippen molar-refractivity contribution in [2.24, 2.45) is 7.05 Å². The third-order valence-electron chi connectivity index (χ3n) is 3.52. The van der Waals surface area contributed by atoms with Gasteiger partial charge in [-0.3, -0.25) is 4.79 Å². The Hall–Kier alpha value is -1.97. The van der Waals surface area contributed by atoms with Crippen LogP contribution in [-0.4, -0.2) is 15.8 Å². The highest BCUT2D eigenvalue weighted by atomic mass is 16.1. The molecule has 0 aliphatic heterocycles. The summed E-state index contributed by atoms with van der Waals surface area (Å²) in [4.78, 5) is 27.9. The molecule has 2 aromatic rings. The normalized spacial score (nSPS) is 14.4. The molecular formula is C14H16N2O2. The summed E-state index contributed by atoms with van der Waals surface area (Å²) in [6.07, 6.45) is 1.36. The molecule has 0 bridgehead atoms. The van der Waals surface area contributed by atoms with Gasteiger partial charge in [-0.05, 0) is 25.5 Å². The van der Waals surface area contributed by atoms with Gasteiger partial charge in [-0.25, -0.2) is 4.98 Å². The summed E-state index contributed by atoms with van der Waals surface area (Å²) in [6.45, 7) is 3.63. The lowest BCUT2D eigenvalue weighted by Crippen LogP contribution is -2.35. The number of carbonyl (C=O) groups excluding carboxylic acids is 1. The fraction of sp³-hybridized carbons (Fsp3) is 0.357. The molecular weight excluding hydrogens is 228 g/mol. The van der Waals surface area contributed by atoms with Crippen LogP contribution < -0.4 is 5.56 Å². The first kappa shape index (κ1) is 12.5. The van der Waals surface area contributed by atoms with Crippen LogP contribution >= 0.6 is 0 Å². The van der Waals surface area contributed by atoms with Gasteiger partial charge in [-0.2, -0.15) is 0 Å². The first-order valence-corrected chi connectivity index (χ1v) is 5.96. The number of aryl methyl sites for hydroxylation is 1. The number of nitrogens with zero attached hydrogens (tertiary/aromatic N) is 2. The number of fused-ring (bicyclic) bond motifs is 1. The Labute approximate surface area is 105 Å². The monoisotopic (exact) mass is 244 g/mol. The second-order valence-corrected chi connectivity index (χ2v) is 4.70. The lowest BCUT2D eigenvalue weighted by molar-refractivity contribution is -0.112. The van der Waals surface area contributed by atoms with E-state index in [1.165, 1.54) is 0 Å². The zero-order valence-corrected chi connectivity index (χ0v) is 10.8. The minimum Gasteiger partial charge on any atom is -0.308 e. The lowest BCUT2D eigenvalue weighted by atomic mass is 9.85. The highest BCUT2D eigenvalue weighted by Gasteiger charge is 2.29. The minimum absolute atomic E-state index is 0.204. The van der Waals surface area contributed by atoms with E-state index in [1.807, 2.05) is 31.2 Å². The molecule has 1 unspecified atom stereocenters. The lowest BCUT2D eigenvalue weighted by Gasteiger charge is -2.20. The van der Waals surface area contributed by atoms with Crippen molar-refractivity contribution in [3.63, 3.8) is 0 Å². The zero-order valence-electron chi connectivity index (χ0n) is 10.8. The van der Waals surface area contributed by atoms with E-state index in [2.05, 4.69) is 4.98 Å². The van der Waals surface area contributed by atoms with Crippen molar-refractivity contribution in [2.75, 3.05) is 0 Å². The van der Waals surface area contributed by atoms with E-state index in [0.29, 0.717) is 12.1 Å². The van der Waals surface area contributed by atoms with Crippen molar-refractivity contribution >= 4 is 17.3 Å². The number of rotatable bonds is 3. The third kappa shape index (κ3) is 1.74. The van der Waals surface area contributed by atoms with Crippen LogP contribution in [0, 0.1) is 0 Å². The fourth-order valence-corrected chi connectivity index (χ4v) is 1.96. The van der Waals surface area contributed by atoms with Crippen LogP contribution in [0.4, 0.5) is 0 Å². The molecule has 18 heavy (non-hydrogen) atoms. The fourth-order valence-electron chi connectivity index (χ4n) is 1.96. The van der Waals surface area contributed by atoms with E-state index in [9.17, 15) is 9.59 Å². The van der Waals surface area contributed by atoms with Gasteiger partial charge in [0, 0.05) is 7.05 Å². The van der Waals surface area contributed by atoms with E-state index in [-0.39, 0.29) is 5.56 Å². The molecule has 94 valence electrons. The Bertz CT molecular complexity index is 660. The Morgan fingerprint density at radius 3 is 2.67 bits per heavy atom. The van der Waals surface area contributed by atoms with Crippen LogP contribution in [0.25, 0.3) is 11.0 Å². The molecule has 0 saturated carbocycles. The van der Waals surface area contributed by atoms with Crippen LogP contribution in [0.1, 0.15) is 26.0 Å². The van der Waals surface area contributed by atoms with Gasteiger partial charge in [0.25, 0.3) is 5.56 Å². The topological polar surface area (TPSA) is 52.0 Å². The second kappa shape index (κ2) is 4.37. The van der Waals surface area contributed by atoms with Gasteiger partial charge < -0.3 is 9.36 Å². The third-order valence-corrected chi connectivity index (χ3v) is 3.52. The standard InChI is InChI=1S/C14H16N2O2/c1-4-14(2,9-17)12-13(18)16(3)11-8-6-5-7-10(11)15-12/h5-9H,4H2,1-3H3. The largest absolute Gasteiger partial charge is 0.308 e. The molecule has 1 aromatic heterocycles. The average molecular weight is 244 g/mol. The number of aromatic nitrogens is 2. The molecule has 4 nitrogen and oxygen atoms in total. The van der Waals surface area contributed by atoms with Gasteiger partial charge in [0.2, 0.25) is 0 Å². The van der Waals surface area contributed by atoms with Crippen LogP contribution in [0.5, 0.6) is 0 Å². The van der Waals surface area contributed by atoms with Gasteiger partial charge in [0.15, 0.2) is 0 Å². The Morgan fingerprint density at radius 2 is 2.06 bits per heavy atom. The van der Waals surface area contributed by atoms with E-state index in [1.54, 1.807) is 18.5 Å². The van der Waals surface area contributed by atoms with E-state index in [4.69, 9.17) is 0 Å². The van der Waals surface area contributed by atoms with Gasteiger partial charge in [0.05, 0.1) is 16.4 Å². The first-order valence-electron chi connectivity index (χ1n) is 5.96. The SMILES string of the molecule is CCC(C)(C=O)c1nc2ccccc2n(C)c1=O. The molecule has 2 rings (SSSR count). The molecule has 4 heteroatoms. The smallest absolute Gasteiger partial charge is 0.273 e. The van der Waals surface area contributed by atoms with Crippen LogP contribution in [0.3, 0.4) is 0 Å². The van der Waals surface area contributed by atoms with Crippen molar-refractivity contribution in [3.05, 3.63) is 40.3 Å². The number of hydrogen-bond acceptors (Lipinski definition) is 3. The van der Waals surface area contributed by atoms with E-state index in [0.717, 1.165) is 17.3 Å². The number of carbonyl (C=O) groups is 1. The summed E-state index contributed by atoms with van der Waals surface area (Å²) >= 11 is 0. The van der Waals surface area contributed by atoms with Crippen LogP contribution in [0.2, 0.25) is 0 Å². The number of para-hydroxylation sites is 2. The molecule has 0 N–H and O–H groups in total. The quantitative estimate of drug-likeness (QED) is 0.774. The van der Waals surface area contributed by atoms with Gasteiger partial charge >= 0.3 is 0 Å². The van der Waals surface area contributed by atoms with Crippen LogP contribution in [-0.2, 0) is 17.3 Å². The molecule has 0 fully saturated rings. The van der Waals surface area contributed by atoms with Gasteiger partial charge in [0.1, 0.15) is 12.0 Å². The molecule has 0 aliphatic rings. The number of aldehydes is 1. The summed E-state index contributed by atoms with van der Waals surface area (Å²) in [7, 11) is 1.71. The zero-order chi connectivity index (χ0) is 13.3. The average Bonchev–Trinajstić information content (AvgIpc) is 2.42. The van der Waals surface area contributed by atoms with Crippen molar-refractivity contribution in [2.45, 2.75) is 25.7 Å². The van der Waals surface area contributed by atoms with Gasteiger partial charge in [-0.15, -0.1) is 0 Å². The Balaban J connectivity index is 2.85. The summed E-state index contributed by atoms with van der Waals surface area (Å²) in [6, 6.07) is 7.42. The molecule has 0 aliphatic carbocycles. The first-order chi connectivity index (χ1) is 8.53. The van der Waals surface area contributed by atoms with E-state index < -0.39 is 5.41 Å². The maximum absolute atomic E-state index is 12.3. The van der Waals surface area contributed by atoms with Gasteiger partial charge in [-0.1, -0.05) is 19.1 Å². The molecule has 1 heterocycles. The summed E-state index contributed by atoms with van der Waals surface area (Å²) < 4.78 is 1.55. The predicted molar refractivity (Wildman–Crippen MR) is 70.7 cm³/mol. The molecule has 0 spiro atoms. The highest BCUT2D eigenvalue weighted by molar-refractivity contribution is 5.76. The summed E-state index contributed by atoms with van der Waals surface area (Å²) in [5, 5.41) is 0. The minimum atomic E-state index is -0.821. The van der Waals surface area contributed by atoms with Crippen molar-refractivity contribution in [1.29, 1.82) is 0 Å². The maximum Gasteiger partial charge on any atom is 0.273 e. The van der Waals surface area contributed by atoms with Crippen molar-refractivity contribution < 1.29 is 4.79 Å². The molecule has 0 saturated heterocycles.